The Bertz CT molecular complexity index is 381. The van der Waals surface area contributed by atoms with Crippen molar-refractivity contribution < 1.29 is 4.39 Å². The SMILES string of the molecule is CCC1CCCCN1CC(N)c1ccccc1F. The zero-order valence-corrected chi connectivity index (χ0v) is 11.1. The van der Waals surface area contributed by atoms with Crippen LogP contribution in [0.4, 0.5) is 4.39 Å². The summed E-state index contributed by atoms with van der Waals surface area (Å²) in [6, 6.07) is 7.25. The van der Waals surface area contributed by atoms with Crippen molar-refractivity contribution >= 4 is 0 Å². The van der Waals surface area contributed by atoms with Gasteiger partial charge >= 0.3 is 0 Å². The van der Waals surface area contributed by atoms with Crippen LogP contribution in [-0.2, 0) is 0 Å². The molecule has 100 valence electrons. The van der Waals surface area contributed by atoms with E-state index in [-0.39, 0.29) is 11.9 Å². The number of benzene rings is 1. The van der Waals surface area contributed by atoms with E-state index < -0.39 is 0 Å². The summed E-state index contributed by atoms with van der Waals surface area (Å²) < 4.78 is 13.7. The molecule has 0 bridgehead atoms. The van der Waals surface area contributed by atoms with Crippen LogP contribution in [0.3, 0.4) is 0 Å². The molecule has 2 atom stereocenters. The molecule has 2 nitrogen and oxygen atoms in total. The normalized spacial score (nSPS) is 22.9. The Kier molecular flexibility index (Phi) is 4.72. The summed E-state index contributed by atoms with van der Waals surface area (Å²) in [5.74, 6) is -0.185. The van der Waals surface area contributed by atoms with E-state index >= 15 is 0 Å². The highest BCUT2D eigenvalue weighted by molar-refractivity contribution is 5.21. The Balaban J connectivity index is 2.02. The van der Waals surface area contributed by atoms with Gasteiger partial charge in [-0.3, -0.25) is 4.90 Å². The minimum Gasteiger partial charge on any atom is -0.323 e. The Morgan fingerprint density at radius 2 is 2.17 bits per heavy atom. The van der Waals surface area contributed by atoms with Gasteiger partial charge in [-0.15, -0.1) is 0 Å². The molecule has 1 aliphatic heterocycles. The molecule has 0 amide bonds. The minimum absolute atomic E-state index is 0.185. The highest BCUT2D eigenvalue weighted by Gasteiger charge is 2.23. The van der Waals surface area contributed by atoms with Crippen LogP contribution in [0.25, 0.3) is 0 Å². The fourth-order valence-electron chi connectivity index (χ4n) is 2.89. The lowest BCUT2D eigenvalue weighted by Gasteiger charge is -2.36. The highest BCUT2D eigenvalue weighted by Crippen LogP contribution is 2.23. The van der Waals surface area contributed by atoms with Crippen molar-refractivity contribution in [2.45, 2.75) is 44.7 Å². The van der Waals surface area contributed by atoms with Gasteiger partial charge in [0, 0.05) is 24.2 Å². The lowest BCUT2D eigenvalue weighted by molar-refractivity contribution is 0.135. The predicted molar refractivity (Wildman–Crippen MR) is 72.8 cm³/mol. The fourth-order valence-corrected chi connectivity index (χ4v) is 2.89. The van der Waals surface area contributed by atoms with Gasteiger partial charge in [0.05, 0.1) is 0 Å². The number of nitrogens with zero attached hydrogens (tertiary/aromatic N) is 1. The molecule has 1 heterocycles. The van der Waals surface area contributed by atoms with Crippen LogP contribution in [-0.4, -0.2) is 24.0 Å². The molecule has 1 saturated heterocycles. The average Bonchev–Trinajstić information content (AvgIpc) is 2.39. The summed E-state index contributed by atoms with van der Waals surface area (Å²) in [5.41, 5.74) is 6.80. The van der Waals surface area contributed by atoms with Crippen molar-refractivity contribution in [2.24, 2.45) is 5.73 Å². The van der Waals surface area contributed by atoms with Gasteiger partial charge in [-0.1, -0.05) is 31.5 Å². The number of piperidine rings is 1. The van der Waals surface area contributed by atoms with Crippen LogP contribution in [0.1, 0.15) is 44.2 Å². The first-order valence-corrected chi connectivity index (χ1v) is 6.96. The van der Waals surface area contributed by atoms with E-state index in [2.05, 4.69) is 11.8 Å². The van der Waals surface area contributed by atoms with Crippen LogP contribution < -0.4 is 5.73 Å². The predicted octanol–water partition coefficient (Wildman–Crippen LogP) is 3.09. The van der Waals surface area contributed by atoms with E-state index in [1.807, 2.05) is 6.07 Å². The zero-order chi connectivity index (χ0) is 13.0. The van der Waals surface area contributed by atoms with Gasteiger partial charge in [0.1, 0.15) is 5.82 Å². The molecular weight excluding hydrogens is 227 g/mol. The van der Waals surface area contributed by atoms with E-state index in [4.69, 9.17) is 5.73 Å². The fraction of sp³-hybridized carbons (Fsp3) is 0.600. The molecular formula is C15H23FN2. The maximum atomic E-state index is 13.7. The Morgan fingerprint density at radius 3 is 2.89 bits per heavy atom. The Labute approximate surface area is 109 Å². The second-order valence-corrected chi connectivity index (χ2v) is 5.18. The van der Waals surface area contributed by atoms with Crippen molar-refractivity contribution in [1.29, 1.82) is 0 Å². The van der Waals surface area contributed by atoms with Gasteiger partial charge in [-0.2, -0.15) is 0 Å². The van der Waals surface area contributed by atoms with Crippen molar-refractivity contribution in [2.75, 3.05) is 13.1 Å². The first-order chi connectivity index (χ1) is 8.72. The van der Waals surface area contributed by atoms with Gasteiger partial charge in [0.15, 0.2) is 0 Å². The highest BCUT2D eigenvalue weighted by atomic mass is 19.1. The monoisotopic (exact) mass is 250 g/mol. The molecule has 2 rings (SSSR count). The Hall–Kier alpha value is -0.930. The van der Waals surface area contributed by atoms with Crippen molar-refractivity contribution in [3.05, 3.63) is 35.6 Å². The molecule has 18 heavy (non-hydrogen) atoms. The third kappa shape index (κ3) is 3.09. The number of hydrogen-bond acceptors (Lipinski definition) is 2. The topological polar surface area (TPSA) is 29.3 Å². The maximum absolute atomic E-state index is 13.7. The van der Waals surface area contributed by atoms with Crippen LogP contribution >= 0.6 is 0 Å². The summed E-state index contributed by atoms with van der Waals surface area (Å²) in [7, 11) is 0. The summed E-state index contributed by atoms with van der Waals surface area (Å²) >= 11 is 0. The number of rotatable bonds is 4. The molecule has 0 radical (unpaired) electrons. The first-order valence-electron chi connectivity index (χ1n) is 6.96. The Morgan fingerprint density at radius 1 is 1.39 bits per heavy atom. The lowest BCUT2D eigenvalue weighted by Crippen LogP contribution is -2.43. The van der Waals surface area contributed by atoms with Gasteiger partial charge < -0.3 is 5.73 Å². The molecule has 0 spiro atoms. The number of halogens is 1. The van der Waals surface area contributed by atoms with Crippen molar-refractivity contribution in [3.8, 4) is 0 Å². The number of hydrogen-bond donors (Lipinski definition) is 1. The molecule has 2 N–H and O–H groups in total. The van der Waals surface area contributed by atoms with Gasteiger partial charge in [-0.05, 0) is 31.9 Å². The first kappa shape index (κ1) is 13.5. The molecule has 1 aromatic carbocycles. The van der Waals surface area contributed by atoms with Crippen molar-refractivity contribution in [3.63, 3.8) is 0 Å². The summed E-state index contributed by atoms with van der Waals surface area (Å²) in [4.78, 5) is 2.43. The minimum atomic E-state index is -0.224. The van der Waals surface area contributed by atoms with Gasteiger partial charge in [0.25, 0.3) is 0 Å². The third-order valence-electron chi connectivity index (χ3n) is 3.96. The molecule has 1 aromatic rings. The summed E-state index contributed by atoms with van der Waals surface area (Å²) in [6.07, 6.45) is 4.95. The van der Waals surface area contributed by atoms with Gasteiger partial charge in [-0.25, -0.2) is 4.39 Å². The van der Waals surface area contributed by atoms with Crippen molar-refractivity contribution in [1.82, 2.24) is 4.90 Å². The molecule has 2 unspecified atom stereocenters. The van der Waals surface area contributed by atoms with Crippen LogP contribution in [0.2, 0.25) is 0 Å². The molecule has 0 saturated carbocycles. The van der Waals surface area contributed by atoms with E-state index in [0.717, 1.165) is 19.5 Å². The zero-order valence-electron chi connectivity index (χ0n) is 11.1. The smallest absolute Gasteiger partial charge is 0.128 e. The average molecular weight is 250 g/mol. The van der Waals surface area contributed by atoms with Gasteiger partial charge in [0.2, 0.25) is 0 Å². The molecule has 3 heteroatoms. The van der Waals surface area contributed by atoms with Crippen LogP contribution in [0.5, 0.6) is 0 Å². The summed E-state index contributed by atoms with van der Waals surface area (Å²) in [5, 5.41) is 0. The van der Waals surface area contributed by atoms with Crippen LogP contribution in [0.15, 0.2) is 24.3 Å². The quantitative estimate of drug-likeness (QED) is 0.889. The van der Waals surface area contributed by atoms with E-state index in [1.54, 1.807) is 12.1 Å². The second kappa shape index (κ2) is 6.30. The third-order valence-corrected chi connectivity index (χ3v) is 3.96. The van der Waals surface area contributed by atoms with E-state index in [0.29, 0.717) is 11.6 Å². The van der Waals surface area contributed by atoms with E-state index in [1.165, 1.54) is 25.3 Å². The molecule has 0 aliphatic carbocycles. The number of likely N-dealkylation sites (tertiary alicyclic amines) is 1. The number of nitrogens with two attached hydrogens (primary N) is 1. The largest absolute Gasteiger partial charge is 0.323 e. The second-order valence-electron chi connectivity index (χ2n) is 5.18. The van der Waals surface area contributed by atoms with E-state index in [9.17, 15) is 4.39 Å². The standard InChI is InChI=1S/C15H23FN2/c1-2-12-7-5-6-10-18(12)11-15(17)13-8-3-4-9-14(13)16/h3-4,8-9,12,15H,2,5-7,10-11,17H2,1H3. The molecule has 1 fully saturated rings. The molecule has 1 aliphatic rings. The summed E-state index contributed by atoms with van der Waals surface area (Å²) in [6.45, 7) is 4.08. The maximum Gasteiger partial charge on any atom is 0.128 e. The lowest BCUT2D eigenvalue weighted by atomic mass is 9.98. The van der Waals surface area contributed by atoms with Crippen LogP contribution in [0, 0.1) is 5.82 Å². The molecule has 0 aromatic heterocycles.